The van der Waals surface area contributed by atoms with E-state index < -0.39 is 11.1 Å². The zero-order chi connectivity index (χ0) is 17.3. The van der Waals surface area contributed by atoms with Crippen LogP contribution in [-0.4, -0.2) is 18.5 Å². The van der Waals surface area contributed by atoms with Gasteiger partial charge < -0.3 is 4.55 Å². The lowest BCUT2D eigenvalue weighted by atomic mass is 9.90. The summed E-state index contributed by atoms with van der Waals surface area (Å²) in [6.07, 6.45) is 1.44. The van der Waals surface area contributed by atoms with E-state index >= 15 is 0 Å². The molecule has 0 bridgehead atoms. The van der Waals surface area contributed by atoms with Gasteiger partial charge in [-0.15, -0.1) is 0 Å². The summed E-state index contributed by atoms with van der Waals surface area (Å²) in [7, 11) is 1.54. The highest BCUT2D eigenvalue weighted by atomic mass is 32.2. The molecule has 1 unspecified atom stereocenters. The summed E-state index contributed by atoms with van der Waals surface area (Å²) >= 11 is -2.52. The third-order valence-corrected chi connectivity index (χ3v) is 4.82. The second-order valence-corrected chi connectivity index (χ2v) is 6.50. The van der Waals surface area contributed by atoms with Crippen LogP contribution in [0.5, 0.6) is 0 Å². The second-order valence-electron chi connectivity index (χ2n) is 5.62. The SMILES string of the molecule is CCc1cc(C)cc(CC)c1-c1c(S(=O)[O-])c(C)nn(C)c1=O. The first kappa shape index (κ1) is 17.6. The average molecular weight is 333 g/mol. The largest absolute Gasteiger partial charge is 0.768 e. The molecule has 0 saturated heterocycles. The van der Waals surface area contributed by atoms with Crippen molar-refractivity contribution < 1.29 is 8.76 Å². The Balaban J connectivity index is 3.03. The van der Waals surface area contributed by atoms with E-state index in [1.165, 1.54) is 4.68 Å². The van der Waals surface area contributed by atoms with Crippen molar-refractivity contribution in [1.29, 1.82) is 0 Å². The Hall–Kier alpha value is -1.79. The molecule has 5 nitrogen and oxygen atoms in total. The molecule has 1 atom stereocenters. The summed E-state index contributed by atoms with van der Waals surface area (Å²) in [5.41, 5.74) is 4.00. The monoisotopic (exact) mass is 333 g/mol. The summed E-state index contributed by atoms with van der Waals surface area (Å²) in [4.78, 5) is 12.7. The first-order chi connectivity index (χ1) is 10.8. The molecule has 23 heavy (non-hydrogen) atoms. The highest BCUT2D eigenvalue weighted by Crippen LogP contribution is 2.32. The van der Waals surface area contributed by atoms with Crippen molar-refractivity contribution in [3.63, 3.8) is 0 Å². The molecule has 0 spiro atoms. The molecule has 2 rings (SSSR count). The van der Waals surface area contributed by atoms with Crippen LogP contribution in [0.3, 0.4) is 0 Å². The van der Waals surface area contributed by atoms with Crippen LogP contribution in [0.15, 0.2) is 21.8 Å². The smallest absolute Gasteiger partial charge is 0.275 e. The van der Waals surface area contributed by atoms with Crippen LogP contribution in [0.1, 0.15) is 36.2 Å². The van der Waals surface area contributed by atoms with Gasteiger partial charge in [0, 0.05) is 7.05 Å². The van der Waals surface area contributed by atoms with Crippen LogP contribution in [0.2, 0.25) is 0 Å². The van der Waals surface area contributed by atoms with Gasteiger partial charge in [0.05, 0.1) is 16.2 Å². The van der Waals surface area contributed by atoms with Gasteiger partial charge in [-0.25, -0.2) is 4.68 Å². The lowest BCUT2D eigenvalue weighted by Gasteiger charge is -2.20. The molecule has 0 aliphatic carbocycles. The van der Waals surface area contributed by atoms with Gasteiger partial charge in [0.25, 0.3) is 5.56 Å². The fraction of sp³-hybridized carbons (Fsp3) is 0.412. The third kappa shape index (κ3) is 3.14. The van der Waals surface area contributed by atoms with Crippen LogP contribution in [0, 0.1) is 13.8 Å². The Kier molecular flexibility index (Phi) is 5.16. The molecule has 2 aromatic rings. The normalized spacial score (nSPS) is 12.4. The molecule has 1 heterocycles. The van der Waals surface area contributed by atoms with E-state index in [4.69, 9.17) is 0 Å². The average Bonchev–Trinajstić information content (AvgIpc) is 2.49. The van der Waals surface area contributed by atoms with Crippen LogP contribution in [0.4, 0.5) is 0 Å². The van der Waals surface area contributed by atoms with Crippen LogP contribution < -0.4 is 5.56 Å². The minimum atomic E-state index is -2.52. The predicted octanol–water partition coefficient (Wildman–Crippen LogP) is 2.43. The minimum absolute atomic E-state index is 0.00125. The Morgan fingerprint density at radius 2 is 1.65 bits per heavy atom. The van der Waals surface area contributed by atoms with Crippen LogP contribution in [-0.2, 0) is 31.0 Å². The maximum absolute atomic E-state index is 12.7. The number of nitrogens with zero attached hydrogens (tertiary/aromatic N) is 2. The lowest BCUT2D eigenvalue weighted by molar-refractivity contribution is 0.534. The maximum Gasteiger partial charge on any atom is 0.275 e. The van der Waals surface area contributed by atoms with Crippen LogP contribution in [0.25, 0.3) is 11.1 Å². The molecule has 0 amide bonds. The number of hydrogen-bond acceptors (Lipinski definition) is 4. The molecule has 0 fully saturated rings. The molecular weight excluding hydrogens is 312 g/mol. The molecule has 1 aromatic carbocycles. The summed E-state index contributed by atoms with van der Waals surface area (Å²) in [5.74, 6) is 0. The number of benzene rings is 1. The number of aromatic nitrogens is 2. The van der Waals surface area contributed by atoms with Crippen molar-refractivity contribution in [2.75, 3.05) is 0 Å². The predicted molar refractivity (Wildman–Crippen MR) is 90.3 cm³/mol. The highest BCUT2D eigenvalue weighted by Gasteiger charge is 2.21. The molecule has 0 N–H and O–H groups in total. The molecule has 6 heteroatoms. The van der Waals surface area contributed by atoms with Gasteiger partial charge in [0.15, 0.2) is 0 Å². The fourth-order valence-corrected chi connectivity index (χ4v) is 3.64. The van der Waals surface area contributed by atoms with Gasteiger partial charge in [0.1, 0.15) is 0 Å². The van der Waals surface area contributed by atoms with Crippen molar-refractivity contribution >= 4 is 11.1 Å². The van der Waals surface area contributed by atoms with Crippen molar-refractivity contribution in [2.45, 2.75) is 45.4 Å². The Morgan fingerprint density at radius 1 is 1.13 bits per heavy atom. The Bertz CT molecular complexity index is 815. The minimum Gasteiger partial charge on any atom is -0.768 e. The summed E-state index contributed by atoms with van der Waals surface area (Å²) in [6, 6.07) is 4.03. The third-order valence-electron chi connectivity index (χ3n) is 3.99. The highest BCUT2D eigenvalue weighted by molar-refractivity contribution is 7.79. The van der Waals surface area contributed by atoms with Crippen molar-refractivity contribution in [3.05, 3.63) is 44.9 Å². The van der Waals surface area contributed by atoms with E-state index in [1.807, 2.05) is 32.9 Å². The van der Waals surface area contributed by atoms with E-state index in [0.717, 1.165) is 35.1 Å². The molecule has 124 valence electrons. The summed E-state index contributed by atoms with van der Waals surface area (Å²) in [6.45, 7) is 7.62. The van der Waals surface area contributed by atoms with E-state index in [2.05, 4.69) is 5.10 Å². The Morgan fingerprint density at radius 3 is 2.09 bits per heavy atom. The van der Waals surface area contributed by atoms with E-state index in [1.54, 1.807) is 14.0 Å². The van der Waals surface area contributed by atoms with E-state index in [9.17, 15) is 13.6 Å². The van der Waals surface area contributed by atoms with Gasteiger partial charge in [0.2, 0.25) is 0 Å². The molecule has 0 saturated carbocycles. The summed E-state index contributed by atoms with van der Waals surface area (Å²) < 4.78 is 24.7. The number of hydrogen-bond donors (Lipinski definition) is 0. The topological polar surface area (TPSA) is 75.0 Å². The van der Waals surface area contributed by atoms with Gasteiger partial charge in [-0.05, 0) is 54.5 Å². The standard InChI is InChI=1S/C17H22N2O3S/c1-6-12-8-10(3)9-13(7-2)14(12)15-16(23(21)22)11(4)18-19(5)17(15)20/h8-9H,6-7H2,1-5H3,(H,21,22)/p-1. The van der Waals surface area contributed by atoms with Crippen LogP contribution >= 0.6 is 0 Å². The Labute approximate surface area is 138 Å². The quantitative estimate of drug-likeness (QED) is 0.805. The first-order valence-electron chi connectivity index (χ1n) is 7.61. The molecular formula is C17H21N2O3S-. The number of rotatable bonds is 4. The molecule has 1 aromatic heterocycles. The zero-order valence-corrected chi connectivity index (χ0v) is 14.9. The second kappa shape index (κ2) is 6.76. The van der Waals surface area contributed by atoms with E-state index in [0.29, 0.717) is 5.69 Å². The van der Waals surface area contributed by atoms with Gasteiger partial charge >= 0.3 is 0 Å². The van der Waals surface area contributed by atoms with Gasteiger partial charge in [-0.1, -0.05) is 31.5 Å². The zero-order valence-electron chi connectivity index (χ0n) is 14.1. The molecule has 0 radical (unpaired) electrons. The molecule has 0 aliphatic rings. The van der Waals surface area contributed by atoms with E-state index in [-0.39, 0.29) is 16.0 Å². The molecule has 0 aliphatic heterocycles. The maximum atomic E-state index is 12.7. The lowest BCUT2D eigenvalue weighted by Crippen LogP contribution is -2.25. The number of aryl methyl sites for hydroxylation is 5. The fourth-order valence-electron chi connectivity index (χ4n) is 3.00. The van der Waals surface area contributed by atoms with Gasteiger partial charge in [-0.3, -0.25) is 9.00 Å². The van der Waals surface area contributed by atoms with Crippen molar-refractivity contribution in [1.82, 2.24) is 9.78 Å². The van der Waals surface area contributed by atoms with Gasteiger partial charge in [-0.2, -0.15) is 5.10 Å². The van der Waals surface area contributed by atoms with Crippen molar-refractivity contribution in [3.8, 4) is 11.1 Å². The first-order valence-corrected chi connectivity index (χ1v) is 8.69. The summed E-state index contributed by atoms with van der Waals surface area (Å²) in [5, 5.41) is 4.02. The van der Waals surface area contributed by atoms with Crippen molar-refractivity contribution in [2.24, 2.45) is 7.05 Å².